The van der Waals surface area contributed by atoms with E-state index in [0.29, 0.717) is 5.22 Å². The van der Waals surface area contributed by atoms with E-state index in [4.69, 9.17) is 10.2 Å². The number of oxazole rings is 1. The van der Waals surface area contributed by atoms with Crippen LogP contribution < -0.4 is 5.73 Å². The van der Waals surface area contributed by atoms with Crippen LogP contribution in [0, 0.1) is 0 Å². The van der Waals surface area contributed by atoms with E-state index in [9.17, 15) is 0 Å². The van der Waals surface area contributed by atoms with Gasteiger partial charge in [-0.25, -0.2) is 4.98 Å². The molecule has 0 fully saturated rings. The third-order valence-corrected chi connectivity index (χ3v) is 3.79. The van der Waals surface area contributed by atoms with Crippen molar-refractivity contribution in [3.63, 3.8) is 0 Å². The van der Waals surface area contributed by atoms with Crippen molar-refractivity contribution in [1.29, 1.82) is 0 Å². The molecule has 0 radical (unpaired) electrons. The molecule has 0 aliphatic heterocycles. The van der Waals surface area contributed by atoms with Gasteiger partial charge in [-0.1, -0.05) is 22.0 Å². The lowest BCUT2D eigenvalue weighted by Gasteiger charge is -2.08. The predicted molar refractivity (Wildman–Crippen MR) is 72.1 cm³/mol. The van der Waals surface area contributed by atoms with Gasteiger partial charge in [0.1, 0.15) is 6.26 Å². The molecule has 90 valence electrons. The van der Waals surface area contributed by atoms with Crippen LogP contribution in [0.4, 0.5) is 0 Å². The average Bonchev–Trinajstić information content (AvgIpc) is 2.74. The van der Waals surface area contributed by atoms with Crippen molar-refractivity contribution in [1.82, 2.24) is 4.98 Å². The van der Waals surface area contributed by atoms with Crippen molar-refractivity contribution in [2.45, 2.75) is 29.5 Å². The number of nitrogens with zero attached hydrogens (tertiary/aromatic N) is 1. The summed E-state index contributed by atoms with van der Waals surface area (Å²) >= 11 is 5.06. The highest BCUT2D eigenvalue weighted by atomic mass is 79.9. The number of halogens is 1. The number of benzene rings is 1. The van der Waals surface area contributed by atoms with Gasteiger partial charge < -0.3 is 10.2 Å². The molecule has 1 unspecified atom stereocenters. The summed E-state index contributed by atoms with van der Waals surface area (Å²) in [7, 11) is 0. The second-order valence-electron chi connectivity index (χ2n) is 3.83. The fraction of sp³-hybridized carbons (Fsp3) is 0.250. The van der Waals surface area contributed by atoms with Crippen molar-refractivity contribution < 1.29 is 4.42 Å². The number of hydrogen-bond donors (Lipinski definition) is 1. The molecule has 1 aromatic carbocycles. The maximum absolute atomic E-state index is 5.79. The first-order valence-corrected chi connectivity index (χ1v) is 6.87. The van der Waals surface area contributed by atoms with E-state index in [2.05, 4.69) is 39.1 Å². The molecule has 2 rings (SSSR count). The molecule has 3 nitrogen and oxygen atoms in total. The Morgan fingerprint density at radius 1 is 1.53 bits per heavy atom. The second-order valence-corrected chi connectivity index (χ2v) is 5.71. The normalized spacial score (nSPS) is 12.6. The molecule has 0 aliphatic carbocycles. The molecule has 1 heterocycles. The zero-order chi connectivity index (χ0) is 12.3. The van der Waals surface area contributed by atoms with Crippen LogP contribution >= 0.6 is 27.7 Å². The first-order chi connectivity index (χ1) is 8.15. The van der Waals surface area contributed by atoms with Crippen molar-refractivity contribution in [2.75, 3.05) is 0 Å². The summed E-state index contributed by atoms with van der Waals surface area (Å²) in [5, 5.41) is 0.650. The van der Waals surface area contributed by atoms with Gasteiger partial charge in [-0.05, 0) is 42.8 Å². The molecule has 0 saturated heterocycles. The fourth-order valence-corrected chi connectivity index (χ4v) is 2.89. The van der Waals surface area contributed by atoms with Crippen LogP contribution in [0.15, 0.2) is 49.7 Å². The summed E-state index contributed by atoms with van der Waals surface area (Å²) in [6.07, 6.45) is 4.08. The summed E-state index contributed by atoms with van der Waals surface area (Å²) < 4.78 is 6.26. The van der Waals surface area contributed by atoms with Gasteiger partial charge >= 0.3 is 0 Å². The Morgan fingerprint density at radius 2 is 2.35 bits per heavy atom. The Bertz CT molecular complexity index is 485. The maximum atomic E-state index is 5.79. The van der Waals surface area contributed by atoms with E-state index in [1.54, 1.807) is 12.5 Å². The zero-order valence-corrected chi connectivity index (χ0v) is 11.8. The minimum atomic E-state index is 0.163. The van der Waals surface area contributed by atoms with E-state index >= 15 is 0 Å². The van der Waals surface area contributed by atoms with Crippen LogP contribution in [0.25, 0.3) is 0 Å². The van der Waals surface area contributed by atoms with E-state index < -0.39 is 0 Å². The number of nitrogens with two attached hydrogens (primary N) is 1. The van der Waals surface area contributed by atoms with Crippen LogP contribution in [0.2, 0.25) is 0 Å². The lowest BCUT2D eigenvalue weighted by Crippen LogP contribution is -2.17. The molecular formula is C12H13BrN2OS. The van der Waals surface area contributed by atoms with E-state index in [1.165, 1.54) is 17.3 Å². The minimum Gasteiger partial charge on any atom is -0.440 e. The van der Waals surface area contributed by atoms with Gasteiger partial charge in [0.2, 0.25) is 0 Å². The van der Waals surface area contributed by atoms with E-state index in [1.807, 2.05) is 6.92 Å². The fourth-order valence-electron chi connectivity index (χ4n) is 1.47. The van der Waals surface area contributed by atoms with Crippen LogP contribution in [0.3, 0.4) is 0 Å². The Kier molecular flexibility index (Phi) is 4.25. The smallest absolute Gasteiger partial charge is 0.260 e. The number of rotatable bonds is 4. The number of aromatic nitrogens is 1. The lowest BCUT2D eigenvalue weighted by atomic mass is 10.1. The van der Waals surface area contributed by atoms with Crippen molar-refractivity contribution in [3.8, 4) is 0 Å². The molecule has 2 aromatic rings. The lowest BCUT2D eigenvalue weighted by molar-refractivity contribution is 0.454. The quantitative estimate of drug-likeness (QED) is 0.939. The molecule has 0 saturated carbocycles. The topological polar surface area (TPSA) is 52.0 Å². The highest BCUT2D eigenvalue weighted by Crippen LogP contribution is 2.30. The van der Waals surface area contributed by atoms with Crippen molar-refractivity contribution in [2.24, 2.45) is 5.73 Å². The van der Waals surface area contributed by atoms with Crippen LogP contribution in [-0.2, 0) is 6.42 Å². The summed E-state index contributed by atoms with van der Waals surface area (Å²) in [6.45, 7) is 2.00. The monoisotopic (exact) mass is 312 g/mol. The second kappa shape index (κ2) is 5.71. The van der Waals surface area contributed by atoms with Gasteiger partial charge in [0.05, 0.1) is 6.20 Å². The van der Waals surface area contributed by atoms with Gasteiger partial charge in [0.25, 0.3) is 5.22 Å². The molecule has 0 aliphatic rings. The SMILES string of the molecule is CC(N)Cc1ccc(Sc2ncco2)cc1Br. The Balaban J connectivity index is 2.13. The summed E-state index contributed by atoms with van der Waals surface area (Å²) in [4.78, 5) is 5.16. The van der Waals surface area contributed by atoms with Gasteiger partial charge in [0, 0.05) is 15.4 Å². The summed E-state index contributed by atoms with van der Waals surface area (Å²) in [5.74, 6) is 0. The molecule has 0 spiro atoms. The molecule has 5 heteroatoms. The number of hydrogen-bond acceptors (Lipinski definition) is 4. The van der Waals surface area contributed by atoms with Crippen LogP contribution in [0.1, 0.15) is 12.5 Å². The van der Waals surface area contributed by atoms with E-state index in [0.717, 1.165) is 15.8 Å². The van der Waals surface area contributed by atoms with Gasteiger partial charge in [-0.15, -0.1) is 0 Å². The minimum absolute atomic E-state index is 0.163. The summed E-state index contributed by atoms with van der Waals surface area (Å²) in [5.41, 5.74) is 7.01. The Labute approximate surface area is 113 Å². The van der Waals surface area contributed by atoms with Crippen LogP contribution in [-0.4, -0.2) is 11.0 Å². The van der Waals surface area contributed by atoms with Crippen LogP contribution in [0.5, 0.6) is 0 Å². The first kappa shape index (κ1) is 12.7. The Hall–Kier alpha value is -0.780. The molecule has 0 bridgehead atoms. The highest BCUT2D eigenvalue weighted by molar-refractivity contribution is 9.10. The molecular weight excluding hydrogens is 300 g/mol. The molecule has 17 heavy (non-hydrogen) atoms. The van der Waals surface area contributed by atoms with Crippen molar-refractivity contribution >= 4 is 27.7 Å². The third kappa shape index (κ3) is 3.59. The largest absolute Gasteiger partial charge is 0.440 e. The molecule has 0 amide bonds. The third-order valence-electron chi connectivity index (χ3n) is 2.18. The molecule has 1 aromatic heterocycles. The predicted octanol–water partition coefficient (Wildman–Crippen LogP) is 3.48. The summed E-state index contributed by atoms with van der Waals surface area (Å²) in [6, 6.07) is 6.36. The Morgan fingerprint density at radius 3 is 2.94 bits per heavy atom. The highest BCUT2D eigenvalue weighted by Gasteiger charge is 2.06. The van der Waals surface area contributed by atoms with Gasteiger partial charge in [-0.2, -0.15) is 0 Å². The molecule has 1 atom stereocenters. The van der Waals surface area contributed by atoms with E-state index in [-0.39, 0.29) is 6.04 Å². The van der Waals surface area contributed by atoms with Crippen molar-refractivity contribution in [3.05, 3.63) is 40.7 Å². The maximum Gasteiger partial charge on any atom is 0.260 e. The first-order valence-electron chi connectivity index (χ1n) is 5.26. The molecule has 2 N–H and O–H groups in total. The van der Waals surface area contributed by atoms with Gasteiger partial charge in [-0.3, -0.25) is 0 Å². The standard InChI is InChI=1S/C12H13BrN2OS/c1-8(14)6-9-2-3-10(7-11(9)13)17-12-15-4-5-16-12/h2-5,7-8H,6,14H2,1H3. The zero-order valence-electron chi connectivity index (χ0n) is 9.39. The average molecular weight is 313 g/mol. The van der Waals surface area contributed by atoms with Gasteiger partial charge in [0.15, 0.2) is 0 Å².